The first-order chi connectivity index (χ1) is 9.76. The van der Waals surface area contributed by atoms with Gasteiger partial charge in [-0.2, -0.15) is 0 Å². The van der Waals surface area contributed by atoms with E-state index in [-0.39, 0.29) is 12.5 Å². The van der Waals surface area contributed by atoms with Gasteiger partial charge in [-0.1, -0.05) is 24.2 Å². The molecule has 1 N–H and O–H groups in total. The molecule has 6 nitrogen and oxygen atoms in total. The molecule has 0 saturated carbocycles. The Morgan fingerprint density at radius 3 is 2.85 bits per heavy atom. The third-order valence-corrected chi connectivity index (χ3v) is 2.35. The molecule has 0 fully saturated rings. The van der Waals surface area contributed by atoms with Crippen LogP contribution < -0.4 is 10.1 Å². The number of hydrogen-bond acceptors (Lipinski definition) is 3. The average molecular weight is 274 g/mol. The lowest BCUT2D eigenvalue weighted by molar-refractivity contribution is -0.116. The number of benzene rings is 1. The molecule has 0 spiro atoms. The Labute approximate surface area is 118 Å². The molecule has 6 heteroatoms. The van der Waals surface area contributed by atoms with Crippen LogP contribution in [-0.2, 0) is 4.79 Å². The first-order valence-corrected chi connectivity index (χ1v) is 6.46. The van der Waals surface area contributed by atoms with E-state index in [1.165, 1.54) is 6.08 Å². The first-order valence-electron chi connectivity index (χ1n) is 6.46. The van der Waals surface area contributed by atoms with Crippen LogP contribution in [0.3, 0.4) is 0 Å². The van der Waals surface area contributed by atoms with Crippen LogP contribution in [-0.4, -0.2) is 25.6 Å². The van der Waals surface area contributed by atoms with Crippen molar-refractivity contribution in [2.24, 2.45) is 5.11 Å². The van der Waals surface area contributed by atoms with Gasteiger partial charge in [0.2, 0.25) is 5.91 Å². The molecule has 0 bridgehead atoms. The molecule has 0 radical (unpaired) electrons. The SMILES string of the molecule is CCCOc1ccc(/C=C/C(=O)NCCN=[N+]=[N-])cc1. The lowest BCUT2D eigenvalue weighted by Crippen LogP contribution is -2.23. The molecule has 0 aliphatic heterocycles. The molecule has 0 heterocycles. The van der Waals surface area contributed by atoms with Crippen molar-refractivity contribution < 1.29 is 9.53 Å². The summed E-state index contributed by atoms with van der Waals surface area (Å²) in [6, 6.07) is 7.51. The highest BCUT2D eigenvalue weighted by Crippen LogP contribution is 2.13. The number of carbonyl (C=O) groups is 1. The van der Waals surface area contributed by atoms with Crippen LogP contribution in [0, 0.1) is 0 Å². The second-order valence-electron chi connectivity index (χ2n) is 4.00. The molecule has 0 saturated heterocycles. The molecule has 0 aliphatic rings. The second kappa shape index (κ2) is 9.47. The summed E-state index contributed by atoms with van der Waals surface area (Å²) in [7, 11) is 0. The van der Waals surface area contributed by atoms with Crippen LogP contribution in [0.2, 0.25) is 0 Å². The van der Waals surface area contributed by atoms with Gasteiger partial charge in [0.05, 0.1) is 6.61 Å². The van der Waals surface area contributed by atoms with Gasteiger partial charge in [0.15, 0.2) is 0 Å². The summed E-state index contributed by atoms with van der Waals surface area (Å²) in [5.41, 5.74) is 9.00. The van der Waals surface area contributed by atoms with Crippen LogP contribution in [0.25, 0.3) is 16.5 Å². The van der Waals surface area contributed by atoms with Crippen LogP contribution in [0.15, 0.2) is 35.5 Å². The van der Waals surface area contributed by atoms with Crippen molar-refractivity contribution in [1.29, 1.82) is 0 Å². The molecule has 1 amide bonds. The summed E-state index contributed by atoms with van der Waals surface area (Å²) < 4.78 is 5.47. The number of nitrogens with one attached hydrogen (secondary N) is 1. The molecule has 20 heavy (non-hydrogen) atoms. The van der Waals surface area contributed by atoms with E-state index in [1.54, 1.807) is 6.08 Å². The highest BCUT2D eigenvalue weighted by atomic mass is 16.5. The average Bonchev–Trinajstić information content (AvgIpc) is 2.48. The molecule has 0 atom stereocenters. The Morgan fingerprint density at radius 1 is 1.45 bits per heavy atom. The number of carbonyl (C=O) groups excluding carboxylic acids is 1. The number of ether oxygens (including phenoxy) is 1. The van der Waals surface area contributed by atoms with E-state index in [9.17, 15) is 4.79 Å². The minimum absolute atomic E-state index is 0.218. The van der Waals surface area contributed by atoms with Gasteiger partial charge in [-0.25, -0.2) is 0 Å². The van der Waals surface area contributed by atoms with Crippen LogP contribution in [0.1, 0.15) is 18.9 Å². The van der Waals surface area contributed by atoms with Crippen molar-refractivity contribution in [3.8, 4) is 5.75 Å². The number of hydrogen-bond donors (Lipinski definition) is 1. The van der Waals surface area contributed by atoms with Gasteiger partial charge in [0.25, 0.3) is 0 Å². The highest BCUT2D eigenvalue weighted by molar-refractivity contribution is 5.91. The van der Waals surface area contributed by atoms with Crippen LogP contribution in [0.5, 0.6) is 5.75 Å². The predicted octanol–water partition coefficient (Wildman–Crippen LogP) is 2.92. The zero-order valence-electron chi connectivity index (χ0n) is 11.5. The summed E-state index contributed by atoms with van der Waals surface area (Å²) in [6.45, 7) is 3.33. The van der Waals surface area contributed by atoms with Crippen molar-refractivity contribution in [1.82, 2.24) is 5.32 Å². The highest BCUT2D eigenvalue weighted by Gasteiger charge is 1.95. The third-order valence-electron chi connectivity index (χ3n) is 2.35. The third kappa shape index (κ3) is 6.47. The topological polar surface area (TPSA) is 87.1 Å². The summed E-state index contributed by atoms with van der Waals surface area (Å²) in [6.07, 6.45) is 4.13. The van der Waals surface area contributed by atoms with Gasteiger partial charge >= 0.3 is 0 Å². The minimum atomic E-state index is -0.218. The molecular weight excluding hydrogens is 256 g/mol. The van der Waals surface area contributed by atoms with Gasteiger partial charge in [-0.3, -0.25) is 4.79 Å². The van der Waals surface area contributed by atoms with Gasteiger partial charge in [0.1, 0.15) is 5.75 Å². The summed E-state index contributed by atoms with van der Waals surface area (Å²) in [5.74, 6) is 0.604. The summed E-state index contributed by atoms with van der Waals surface area (Å²) in [5, 5.41) is 5.94. The van der Waals surface area contributed by atoms with Crippen molar-refractivity contribution >= 4 is 12.0 Å². The monoisotopic (exact) mass is 274 g/mol. The number of amides is 1. The lowest BCUT2D eigenvalue weighted by Gasteiger charge is -2.04. The largest absolute Gasteiger partial charge is 0.494 e. The zero-order valence-corrected chi connectivity index (χ0v) is 11.5. The number of nitrogens with zero attached hydrogens (tertiary/aromatic N) is 3. The number of rotatable bonds is 8. The Bertz CT molecular complexity index is 490. The maximum atomic E-state index is 11.4. The fourth-order valence-corrected chi connectivity index (χ4v) is 1.40. The fraction of sp³-hybridized carbons (Fsp3) is 0.357. The Morgan fingerprint density at radius 2 is 2.20 bits per heavy atom. The number of azide groups is 1. The van der Waals surface area contributed by atoms with Gasteiger partial charge in [-0.15, -0.1) is 0 Å². The van der Waals surface area contributed by atoms with Gasteiger partial charge in [-0.05, 0) is 35.7 Å². The second-order valence-corrected chi connectivity index (χ2v) is 4.00. The predicted molar refractivity (Wildman–Crippen MR) is 78.3 cm³/mol. The van der Waals surface area contributed by atoms with Crippen LogP contribution >= 0.6 is 0 Å². The van der Waals surface area contributed by atoms with E-state index in [1.807, 2.05) is 24.3 Å². The van der Waals surface area contributed by atoms with Crippen LogP contribution in [0.4, 0.5) is 0 Å². The van der Waals surface area contributed by atoms with Gasteiger partial charge in [0, 0.05) is 24.1 Å². The molecule has 0 aromatic heterocycles. The smallest absolute Gasteiger partial charge is 0.243 e. The maximum Gasteiger partial charge on any atom is 0.243 e. The molecule has 0 unspecified atom stereocenters. The van der Waals surface area contributed by atoms with E-state index in [0.29, 0.717) is 13.2 Å². The van der Waals surface area contributed by atoms with Crippen molar-refractivity contribution in [2.75, 3.05) is 19.7 Å². The van der Waals surface area contributed by atoms with E-state index < -0.39 is 0 Å². The Kier molecular flexibility index (Phi) is 7.38. The summed E-state index contributed by atoms with van der Waals surface area (Å²) in [4.78, 5) is 14.0. The molecule has 1 aromatic carbocycles. The van der Waals surface area contributed by atoms with Crippen molar-refractivity contribution in [2.45, 2.75) is 13.3 Å². The Hall–Kier alpha value is -2.46. The minimum Gasteiger partial charge on any atom is -0.494 e. The first kappa shape index (κ1) is 15.6. The van der Waals surface area contributed by atoms with Crippen molar-refractivity contribution in [3.63, 3.8) is 0 Å². The van der Waals surface area contributed by atoms with E-state index in [4.69, 9.17) is 10.3 Å². The lowest BCUT2D eigenvalue weighted by atomic mass is 10.2. The van der Waals surface area contributed by atoms with E-state index in [0.717, 1.165) is 17.7 Å². The van der Waals surface area contributed by atoms with E-state index >= 15 is 0 Å². The Balaban J connectivity index is 2.40. The van der Waals surface area contributed by atoms with E-state index in [2.05, 4.69) is 22.3 Å². The molecule has 106 valence electrons. The quantitative estimate of drug-likeness (QED) is 0.260. The maximum absolute atomic E-state index is 11.4. The standard InChI is InChI=1S/C14H18N4O2/c1-2-11-20-13-6-3-12(4-7-13)5-8-14(19)16-9-10-17-18-15/h3-8H,2,9-11H2,1H3,(H,16,19)/b8-5+. The molecular formula is C14H18N4O2. The fourth-order valence-electron chi connectivity index (χ4n) is 1.40. The normalized spacial score (nSPS) is 10.1. The molecule has 1 aromatic rings. The van der Waals surface area contributed by atoms with Crippen molar-refractivity contribution in [3.05, 3.63) is 46.3 Å². The molecule has 0 aliphatic carbocycles. The zero-order chi connectivity index (χ0) is 14.6. The van der Waals surface area contributed by atoms with Gasteiger partial charge < -0.3 is 10.1 Å². The molecule has 1 rings (SSSR count). The summed E-state index contributed by atoms with van der Waals surface area (Å²) >= 11 is 0.